The number of ketones is 1. The Hall–Kier alpha value is -1.96. The minimum absolute atomic E-state index is 0.0458. The van der Waals surface area contributed by atoms with Crippen molar-refractivity contribution in [3.05, 3.63) is 56.0 Å². The van der Waals surface area contributed by atoms with E-state index in [2.05, 4.69) is 32.6 Å². The molecule has 31 heavy (non-hydrogen) atoms. The molecule has 0 radical (unpaired) electrons. The first kappa shape index (κ1) is 23.7. The van der Waals surface area contributed by atoms with Gasteiger partial charge in [-0.25, -0.2) is 4.98 Å². The van der Waals surface area contributed by atoms with E-state index < -0.39 is 0 Å². The van der Waals surface area contributed by atoms with Crippen molar-refractivity contribution < 1.29 is 4.79 Å². The molecule has 0 aliphatic rings. The van der Waals surface area contributed by atoms with Gasteiger partial charge < -0.3 is 0 Å². The molecule has 0 aliphatic carbocycles. The molecule has 1 aromatic carbocycles. The molecule has 0 aliphatic heterocycles. The molecular weight excluding hydrogens is 426 g/mol. The summed E-state index contributed by atoms with van der Waals surface area (Å²) in [4.78, 5) is 35.4. The minimum Gasteiger partial charge on any atom is -0.297 e. The Kier molecular flexibility index (Phi) is 7.73. The van der Waals surface area contributed by atoms with Crippen LogP contribution in [0.5, 0.6) is 0 Å². The molecule has 0 saturated heterocycles. The van der Waals surface area contributed by atoms with Gasteiger partial charge in [-0.15, -0.1) is 11.3 Å². The number of aromatic nitrogens is 2. The summed E-state index contributed by atoms with van der Waals surface area (Å²) in [5.41, 5.74) is 1.40. The molecule has 0 unspecified atom stereocenters. The third kappa shape index (κ3) is 5.45. The number of benzene rings is 1. The molecule has 0 N–H and O–H groups in total. The second-order valence-corrected chi connectivity index (χ2v) is 10.7. The van der Waals surface area contributed by atoms with E-state index in [-0.39, 0.29) is 17.1 Å². The molecule has 0 spiro atoms. The Morgan fingerprint density at radius 1 is 1.16 bits per heavy atom. The van der Waals surface area contributed by atoms with Crippen molar-refractivity contribution in [2.24, 2.45) is 0 Å². The van der Waals surface area contributed by atoms with E-state index in [1.165, 1.54) is 11.8 Å². The number of rotatable bonds is 9. The number of hydrogen-bond acceptors (Lipinski definition) is 6. The molecule has 166 valence electrons. The van der Waals surface area contributed by atoms with E-state index >= 15 is 0 Å². The fraction of sp³-hybridized carbons (Fsp3) is 0.458. The Morgan fingerprint density at radius 3 is 2.45 bits per heavy atom. The van der Waals surface area contributed by atoms with Crippen molar-refractivity contribution in [3.63, 3.8) is 0 Å². The van der Waals surface area contributed by atoms with Crippen molar-refractivity contribution in [2.75, 3.05) is 12.3 Å². The van der Waals surface area contributed by atoms with Crippen molar-refractivity contribution in [2.45, 2.75) is 65.3 Å². The number of nitrogens with zero attached hydrogens (tertiary/aromatic N) is 3. The van der Waals surface area contributed by atoms with E-state index in [0.717, 1.165) is 21.9 Å². The number of aryl methyl sites for hydroxylation is 2. The van der Waals surface area contributed by atoms with Gasteiger partial charge in [0.05, 0.1) is 16.7 Å². The highest BCUT2D eigenvalue weighted by atomic mass is 32.2. The summed E-state index contributed by atoms with van der Waals surface area (Å²) in [6.45, 7) is 14.0. The standard InChI is InChI=1S/C24H31N3O2S2/c1-15(2)26(16(3)4)11-12-27-23(29)19-9-7-8-10-21(19)25-24(27)30-14-22(28)20-13-17(5)31-18(20)6/h7-10,13,15-16H,11-12,14H2,1-6H3. The van der Waals surface area contributed by atoms with Crippen LogP contribution in [0.3, 0.4) is 0 Å². The van der Waals surface area contributed by atoms with Crippen LogP contribution < -0.4 is 5.56 Å². The van der Waals surface area contributed by atoms with Crippen LogP contribution >= 0.6 is 23.1 Å². The maximum Gasteiger partial charge on any atom is 0.262 e. The molecule has 3 rings (SSSR count). The predicted molar refractivity (Wildman–Crippen MR) is 132 cm³/mol. The summed E-state index contributed by atoms with van der Waals surface area (Å²) in [7, 11) is 0. The van der Waals surface area contributed by atoms with Crippen molar-refractivity contribution in [1.82, 2.24) is 14.5 Å². The van der Waals surface area contributed by atoms with Crippen LogP contribution in [0, 0.1) is 13.8 Å². The first-order valence-electron chi connectivity index (χ1n) is 10.7. The average Bonchev–Trinajstić information content (AvgIpc) is 3.05. The number of carbonyl (C=O) groups is 1. The van der Waals surface area contributed by atoms with Gasteiger partial charge in [0.15, 0.2) is 10.9 Å². The summed E-state index contributed by atoms with van der Waals surface area (Å²) in [6, 6.07) is 10.1. The van der Waals surface area contributed by atoms with Gasteiger partial charge in [0.2, 0.25) is 0 Å². The normalized spacial score (nSPS) is 11.9. The van der Waals surface area contributed by atoms with E-state index in [1.54, 1.807) is 15.9 Å². The van der Waals surface area contributed by atoms with Crippen molar-refractivity contribution >= 4 is 39.8 Å². The van der Waals surface area contributed by atoms with Crippen molar-refractivity contribution in [1.29, 1.82) is 0 Å². The molecule has 2 aromatic heterocycles. The Balaban J connectivity index is 1.91. The zero-order valence-corrected chi connectivity index (χ0v) is 20.8. The van der Waals surface area contributed by atoms with Crippen LogP contribution in [0.25, 0.3) is 10.9 Å². The van der Waals surface area contributed by atoms with Gasteiger partial charge in [-0.05, 0) is 59.7 Å². The molecule has 2 heterocycles. The predicted octanol–water partition coefficient (Wildman–Crippen LogP) is 5.17. The van der Waals surface area contributed by atoms with Gasteiger partial charge in [-0.3, -0.25) is 19.1 Å². The van der Waals surface area contributed by atoms with Crippen LogP contribution in [-0.4, -0.2) is 44.6 Å². The highest BCUT2D eigenvalue weighted by Crippen LogP contribution is 2.24. The van der Waals surface area contributed by atoms with Crippen LogP contribution in [0.1, 0.15) is 47.8 Å². The first-order chi connectivity index (χ1) is 14.7. The number of thiophene rings is 1. The number of Topliss-reactive ketones (excluding diaryl/α,β-unsaturated/α-hetero) is 1. The third-order valence-corrected chi connectivity index (χ3v) is 7.35. The molecule has 0 bridgehead atoms. The van der Waals surface area contributed by atoms with Gasteiger partial charge >= 0.3 is 0 Å². The van der Waals surface area contributed by atoms with Gasteiger partial charge in [0.1, 0.15) is 0 Å². The molecule has 0 amide bonds. The molecule has 0 saturated carbocycles. The summed E-state index contributed by atoms with van der Waals surface area (Å²) in [6.07, 6.45) is 0. The average molecular weight is 458 g/mol. The summed E-state index contributed by atoms with van der Waals surface area (Å²) < 4.78 is 1.74. The molecule has 7 heteroatoms. The lowest BCUT2D eigenvalue weighted by molar-refractivity contribution is 0.102. The number of fused-ring (bicyclic) bond motifs is 1. The smallest absolute Gasteiger partial charge is 0.262 e. The number of carbonyl (C=O) groups excluding carboxylic acids is 1. The quantitative estimate of drug-likeness (QED) is 0.252. The van der Waals surface area contributed by atoms with Gasteiger partial charge in [-0.2, -0.15) is 0 Å². The van der Waals surface area contributed by atoms with E-state index in [1.807, 2.05) is 44.2 Å². The highest BCUT2D eigenvalue weighted by Gasteiger charge is 2.18. The second kappa shape index (κ2) is 10.1. The lowest BCUT2D eigenvalue weighted by atomic mass is 10.2. The zero-order chi connectivity index (χ0) is 22.7. The largest absolute Gasteiger partial charge is 0.297 e. The monoisotopic (exact) mass is 457 g/mol. The SMILES string of the molecule is Cc1cc(C(=O)CSc2nc3ccccc3c(=O)n2CCN(C(C)C)C(C)C)c(C)s1. The Labute approximate surface area is 192 Å². The van der Waals surface area contributed by atoms with E-state index in [0.29, 0.717) is 34.7 Å². The van der Waals surface area contributed by atoms with Crippen LogP contribution in [0.15, 0.2) is 40.3 Å². The Morgan fingerprint density at radius 2 is 1.84 bits per heavy atom. The fourth-order valence-electron chi connectivity index (χ4n) is 3.90. The minimum atomic E-state index is -0.0458. The molecule has 3 aromatic rings. The lowest BCUT2D eigenvalue weighted by Gasteiger charge is -2.30. The molecular formula is C24H31N3O2S2. The third-order valence-electron chi connectivity index (χ3n) is 5.41. The molecule has 0 fully saturated rings. The number of thioether (sulfide) groups is 1. The van der Waals surface area contributed by atoms with Crippen LogP contribution in [-0.2, 0) is 6.54 Å². The number of hydrogen-bond donors (Lipinski definition) is 0. The van der Waals surface area contributed by atoms with Crippen molar-refractivity contribution in [3.8, 4) is 0 Å². The van der Waals surface area contributed by atoms with Gasteiger partial charge in [-0.1, -0.05) is 23.9 Å². The topological polar surface area (TPSA) is 55.2 Å². The maximum absolute atomic E-state index is 13.3. The fourth-order valence-corrected chi connectivity index (χ4v) is 5.75. The first-order valence-corrected chi connectivity index (χ1v) is 12.5. The molecule has 0 atom stereocenters. The van der Waals surface area contributed by atoms with Crippen LogP contribution in [0.4, 0.5) is 0 Å². The second-order valence-electron chi connectivity index (χ2n) is 8.33. The Bertz CT molecular complexity index is 1120. The van der Waals surface area contributed by atoms with Crippen LogP contribution in [0.2, 0.25) is 0 Å². The van der Waals surface area contributed by atoms with Gasteiger partial charge in [0.25, 0.3) is 5.56 Å². The highest BCUT2D eigenvalue weighted by molar-refractivity contribution is 7.99. The maximum atomic E-state index is 13.3. The zero-order valence-electron chi connectivity index (χ0n) is 19.1. The number of para-hydroxylation sites is 1. The van der Waals surface area contributed by atoms with E-state index in [4.69, 9.17) is 4.98 Å². The summed E-state index contributed by atoms with van der Waals surface area (Å²) >= 11 is 2.99. The van der Waals surface area contributed by atoms with Gasteiger partial charge in [0, 0.05) is 40.5 Å². The summed E-state index contributed by atoms with van der Waals surface area (Å²) in [5.74, 6) is 0.339. The molecule has 5 nitrogen and oxygen atoms in total. The van der Waals surface area contributed by atoms with E-state index in [9.17, 15) is 9.59 Å². The lowest BCUT2D eigenvalue weighted by Crippen LogP contribution is -2.40. The summed E-state index contributed by atoms with van der Waals surface area (Å²) in [5, 5.41) is 1.22.